The van der Waals surface area contributed by atoms with Crippen LogP contribution in [0.1, 0.15) is 48.5 Å². The zero-order chi connectivity index (χ0) is 34.2. The van der Waals surface area contributed by atoms with E-state index in [-0.39, 0.29) is 17.5 Å². The van der Waals surface area contributed by atoms with Gasteiger partial charge in [0.2, 0.25) is 27.0 Å². The number of Topliss-reactive ketones (excluding diaryl/α,β-unsaturated/α-hetero) is 1. The van der Waals surface area contributed by atoms with Crippen molar-refractivity contribution in [2.75, 3.05) is 6.54 Å². The molecule has 14 nitrogen and oxygen atoms in total. The van der Waals surface area contributed by atoms with E-state index >= 15 is 0 Å². The zero-order valence-corrected chi connectivity index (χ0v) is 28.3. The maximum Gasteiger partial charge on any atom is 0.305 e. The smallest absolute Gasteiger partial charge is 0.305 e. The fourth-order valence-corrected chi connectivity index (χ4v) is 5.65. The number of hydrogen-bond acceptors (Lipinski definition) is 10. The van der Waals surface area contributed by atoms with Crippen molar-refractivity contribution < 1.29 is 32.7 Å². The van der Waals surface area contributed by atoms with Crippen LogP contribution in [-0.2, 0) is 35.7 Å². The van der Waals surface area contributed by atoms with Crippen LogP contribution in [0.3, 0.4) is 0 Å². The normalized spacial score (nSPS) is 11.6. The molecular weight excluding hydrogens is 681 g/mol. The summed E-state index contributed by atoms with van der Waals surface area (Å²) in [6.45, 7) is 8.11. The molecule has 0 spiro atoms. The summed E-state index contributed by atoms with van der Waals surface area (Å²) in [6, 6.07) is 9.47. The highest BCUT2D eigenvalue weighted by molar-refractivity contribution is 7.99. The Bertz CT molecular complexity index is 1520. The van der Waals surface area contributed by atoms with Crippen LogP contribution in [0.2, 0.25) is 10.0 Å². The van der Waals surface area contributed by atoms with Crippen molar-refractivity contribution in [1.82, 2.24) is 35.6 Å². The molecule has 46 heavy (non-hydrogen) atoms. The van der Waals surface area contributed by atoms with Crippen molar-refractivity contribution in [2.45, 2.75) is 82.0 Å². The lowest BCUT2D eigenvalue weighted by Gasteiger charge is -2.20. The number of aromatic nitrogens is 4. The fourth-order valence-electron chi connectivity index (χ4n) is 3.22. The molecule has 0 bridgehead atoms. The Labute approximate surface area is 283 Å². The molecular formula is C28H39Cl2N7O7S2. The minimum Gasteiger partial charge on any atom is -0.481 e. The van der Waals surface area contributed by atoms with Crippen LogP contribution >= 0.6 is 35.0 Å². The van der Waals surface area contributed by atoms with Crippen molar-refractivity contribution in [1.29, 1.82) is 0 Å². The van der Waals surface area contributed by atoms with Gasteiger partial charge in [-0.2, -0.15) is 0 Å². The second-order valence-electron chi connectivity index (χ2n) is 8.32. The molecule has 0 aliphatic carbocycles. The Morgan fingerprint density at radius 1 is 0.957 bits per heavy atom. The SMILES string of the molecule is C.CC.CC.CC(NC(=O)CNS(=O)(=O)c1ccccc1)C(=O)NC(CC(=O)O)C(=O)Cn1nnnc1Sc1c(Cl)cccc1Cl. The summed E-state index contributed by atoms with van der Waals surface area (Å²) in [5, 5.41) is 25.8. The highest BCUT2D eigenvalue weighted by Gasteiger charge is 2.28. The molecule has 2 amide bonds. The molecule has 2 atom stereocenters. The van der Waals surface area contributed by atoms with Gasteiger partial charge in [-0.15, -0.1) is 5.10 Å². The molecule has 3 rings (SSSR count). The van der Waals surface area contributed by atoms with E-state index < -0.39 is 65.2 Å². The summed E-state index contributed by atoms with van der Waals surface area (Å²) in [6.07, 6.45) is -0.761. The van der Waals surface area contributed by atoms with E-state index in [1.807, 2.05) is 27.7 Å². The van der Waals surface area contributed by atoms with Crippen molar-refractivity contribution in [3.05, 3.63) is 58.6 Å². The molecule has 18 heteroatoms. The summed E-state index contributed by atoms with van der Waals surface area (Å²) in [5.74, 6) is -3.82. The topological polar surface area (TPSA) is 202 Å². The summed E-state index contributed by atoms with van der Waals surface area (Å²) in [4.78, 5) is 49.7. The third kappa shape index (κ3) is 13.4. The second kappa shape index (κ2) is 21.3. The van der Waals surface area contributed by atoms with Gasteiger partial charge in [0.05, 0.1) is 38.8 Å². The molecule has 2 aromatic carbocycles. The Morgan fingerprint density at radius 3 is 2.11 bits per heavy atom. The number of ketones is 1. The molecule has 0 radical (unpaired) electrons. The van der Waals surface area contributed by atoms with Crippen LogP contribution in [0.15, 0.2) is 63.5 Å². The van der Waals surface area contributed by atoms with Gasteiger partial charge in [0, 0.05) is 0 Å². The van der Waals surface area contributed by atoms with Gasteiger partial charge in [0.25, 0.3) is 0 Å². The van der Waals surface area contributed by atoms with Crippen LogP contribution < -0.4 is 15.4 Å². The van der Waals surface area contributed by atoms with E-state index in [4.69, 9.17) is 23.2 Å². The van der Waals surface area contributed by atoms with Crippen LogP contribution in [0, 0.1) is 0 Å². The lowest BCUT2D eigenvalue weighted by atomic mass is 10.1. The molecule has 3 aromatic rings. The van der Waals surface area contributed by atoms with Crippen LogP contribution in [0.5, 0.6) is 0 Å². The number of tetrazole rings is 1. The standard InChI is InChI=1S/C23H23Cl2N7O7S2.2C2H6.CH4/c1-13(27-19(34)11-26-41(38,39)14-6-3-2-4-7-14)22(37)28-17(10-20(35)36)18(33)12-32-23(29-30-31-32)40-21-15(24)8-5-9-16(21)25;2*1-2;/h2-9,13,17,26H,10-12H2,1H3,(H,27,34)(H,28,37)(H,35,36);2*1-2H3;1H4. The molecule has 0 saturated carbocycles. The van der Waals surface area contributed by atoms with Crippen LogP contribution in [0.4, 0.5) is 0 Å². The molecule has 4 N–H and O–H groups in total. The van der Waals surface area contributed by atoms with Gasteiger partial charge >= 0.3 is 5.97 Å². The second-order valence-corrected chi connectivity index (χ2v) is 11.9. The summed E-state index contributed by atoms with van der Waals surface area (Å²) in [5.41, 5.74) is 0. The monoisotopic (exact) mass is 719 g/mol. The number of hydrogen-bond donors (Lipinski definition) is 4. The number of benzene rings is 2. The maximum absolute atomic E-state index is 13.0. The number of nitrogens with one attached hydrogen (secondary N) is 3. The Balaban J connectivity index is 0.00000389. The Kier molecular flexibility index (Phi) is 19.6. The van der Waals surface area contributed by atoms with Gasteiger partial charge in [-0.25, -0.2) is 17.8 Å². The predicted octanol–water partition coefficient (Wildman–Crippen LogP) is 3.83. The predicted molar refractivity (Wildman–Crippen MR) is 176 cm³/mol. The average Bonchev–Trinajstić information content (AvgIpc) is 3.46. The van der Waals surface area contributed by atoms with Gasteiger partial charge in [0.1, 0.15) is 12.6 Å². The minimum atomic E-state index is -3.96. The van der Waals surface area contributed by atoms with Gasteiger partial charge in [-0.05, 0) is 53.4 Å². The van der Waals surface area contributed by atoms with E-state index in [0.717, 1.165) is 16.4 Å². The third-order valence-corrected chi connectivity index (χ3v) is 8.64. The van der Waals surface area contributed by atoms with Crippen molar-refractivity contribution in [2.24, 2.45) is 0 Å². The Morgan fingerprint density at radius 2 is 1.54 bits per heavy atom. The van der Waals surface area contributed by atoms with E-state index in [1.165, 1.54) is 31.2 Å². The number of sulfonamides is 1. The average molecular weight is 721 g/mol. The number of carbonyl (C=O) groups excluding carboxylic acids is 3. The summed E-state index contributed by atoms with van der Waals surface area (Å²) < 4.78 is 27.8. The molecule has 0 fully saturated rings. The lowest BCUT2D eigenvalue weighted by Crippen LogP contribution is -2.52. The number of halogens is 2. The first-order valence-electron chi connectivity index (χ1n) is 13.6. The molecule has 1 aromatic heterocycles. The van der Waals surface area contributed by atoms with Crippen molar-refractivity contribution in [3.63, 3.8) is 0 Å². The highest BCUT2D eigenvalue weighted by Crippen LogP contribution is 2.37. The number of carboxylic acids is 1. The number of carboxylic acid groups (broad SMARTS) is 1. The third-order valence-electron chi connectivity index (χ3n) is 5.25. The van der Waals surface area contributed by atoms with Crippen LogP contribution in [0.25, 0.3) is 0 Å². The maximum atomic E-state index is 13.0. The summed E-state index contributed by atoms with van der Waals surface area (Å²) >= 11 is 13.3. The van der Waals surface area contributed by atoms with E-state index in [0.29, 0.717) is 14.9 Å². The molecule has 0 aliphatic heterocycles. The largest absolute Gasteiger partial charge is 0.481 e. The van der Waals surface area contributed by atoms with E-state index in [9.17, 15) is 32.7 Å². The molecule has 254 valence electrons. The van der Waals surface area contributed by atoms with Crippen molar-refractivity contribution >= 4 is 68.6 Å². The highest BCUT2D eigenvalue weighted by atomic mass is 35.5. The molecule has 2 unspecified atom stereocenters. The number of amides is 2. The first-order valence-corrected chi connectivity index (χ1v) is 16.7. The van der Waals surface area contributed by atoms with Crippen molar-refractivity contribution in [3.8, 4) is 0 Å². The van der Waals surface area contributed by atoms with Crippen LogP contribution in [-0.4, -0.2) is 75.9 Å². The van der Waals surface area contributed by atoms with Gasteiger partial charge in [-0.3, -0.25) is 19.2 Å². The van der Waals surface area contributed by atoms with Gasteiger partial charge in [-0.1, -0.05) is 82.6 Å². The zero-order valence-electron chi connectivity index (χ0n) is 25.2. The Hall–Kier alpha value is -3.57. The number of rotatable bonds is 14. The van der Waals surface area contributed by atoms with Gasteiger partial charge < -0.3 is 15.7 Å². The fraction of sp³-hybridized carbons (Fsp3) is 0.393. The molecule has 1 heterocycles. The van der Waals surface area contributed by atoms with Gasteiger partial charge in [0.15, 0.2) is 5.78 Å². The number of nitrogens with zero attached hydrogens (tertiary/aromatic N) is 4. The lowest BCUT2D eigenvalue weighted by molar-refractivity contribution is -0.140. The minimum absolute atomic E-state index is 0. The quantitative estimate of drug-likeness (QED) is 0.189. The van der Waals surface area contributed by atoms with E-state index in [1.54, 1.807) is 24.3 Å². The van der Waals surface area contributed by atoms with E-state index in [2.05, 4.69) is 30.9 Å². The molecule has 0 aliphatic rings. The number of aliphatic carboxylic acids is 1. The summed E-state index contributed by atoms with van der Waals surface area (Å²) in [7, 11) is -3.96. The first-order chi connectivity index (χ1) is 21.4. The molecule has 0 saturated heterocycles. The number of carbonyl (C=O) groups is 4. The first kappa shape index (κ1) is 42.4.